The molecule has 1 aromatic heterocycles. The minimum absolute atomic E-state index is 0.467. The number of benzene rings is 2. The molecular formula is C18H14ClN5. The summed E-state index contributed by atoms with van der Waals surface area (Å²) in [7, 11) is 0. The second-order valence-corrected chi connectivity index (χ2v) is 5.54. The monoisotopic (exact) mass is 335 g/mol. The predicted molar refractivity (Wildman–Crippen MR) is 95.9 cm³/mol. The number of halogens is 1. The Morgan fingerprint density at radius 1 is 1.00 bits per heavy atom. The van der Waals surface area contributed by atoms with Crippen molar-refractivity contribution in [2.24, 2.45) is 0 Å². The summed E-state index contributed by atoms with van der Waals surface area (Å²) >= 11 is 6.16. The summed E-state index contributed by atoms with van der Waals surface area (Å²) in [6.45, 7) is 1.89. The number of nitriles is 1. The highest BCUT2D eigenvalue weighted by molar-refractivity contribution is 6.33. The third-order valence-electron chi connectivity index (χ3n) is 3.26. The lowest BCUT2D eigenvalue weighted by atomic mass is 10.2. The predicted octanol–water partition coefficient (Wildman–Crippen LogP) is 4.80. The fourth-order valence-corrected chi connectivity index (χ4v) is 2.33. The Balaban J connectivity index is 1.83. The zero-order chi connectivity index (χ0) is 16.9. The summed E-state index contributed by atoms with van der Waals surface area (Å²) in [5.74, 6) is 1.11. The number of hydrogen-bond donors (Lipinski definition) is 2. The van der Waals surface area contributed by atoms with Gasteiger partial charge in [0.25, 0.3) is 0 Å². The van der Waals surface area contributed by atoms with Crippen LogP contribution in [0.25, 0.3) is 0 Å². The third-order valence-corrected chi connectivity index (χ3v) is 3.59. The Morgan fingerprint density at radius 3 is 2.46 bits per heavy atom. The van der Waals surface area contributed by atoms with Crippen molar-refractivity contribution < 1.29 is 0 Å². The topological polar surface area (TPSA) is 73.6 Å². The summed E-state index contributed by atoms with van der Waals surface area (Å²) in [4.78, 5) is 8.83. The van der Waals surface area contributed by atoms with Gasteiger partial charge in [0.05, 0.1) is 22.3 Å². The molecule has 0 spiro atoms. The van der Waals surface area contributed by atoms with Gasteiger partial charge >= 0.3 is 0 Å². The molecule has 0 aliphatic rings. The van der Waals surface area contributed by atoms with Crippen LogP contribution in [0.15, 0.2) is 54.6 Å². The molecule has 24 heavy (non-hydrogen) atoms. The molecule has 0 radical (unpaired) electrons. The fourth-order valence-electron chi connectivity index (χ4n) is 2.15. The van der Waals surface area contributed by atoms with Gasteiger partial charge in [0, 0.05) is 17.4 Å². The van der Waals surface area contributed by atoms with Gasteiger partial charge in [-0.25, -0.2) is 4.98 Å². The molecule has 0 unspecified atom stereocenters. The van der Waals surface area contributed by atoms with Crippen LogP contribution >= 0.6 is 11.6 Å². The first-order chi connectivity index (χ1) is 11.6. The molecule has 3 aromatic rings. The fraction of sp³-hybridized carbons (Fsp3) is 0.0556. The van der Waals surface area contributed by atoms with Gasteiger partial charge in [-0.2, -0.15) is 10.2 Å². The maximum absolute atomic E-state index is 8.84. The smallest absolute Gasteiger partial charge is 0.229 e. The van der Waals surface area contributed by atoms with Crippen molar-refractivity contribution in [1.29, 1.82) is 5.26 Å². The first-order valence-electron chi connectivity index (χ1n) is 7.28. The van der Waals surface area contributed by atoms with E-state index in [1.54, 1.807) is 12.1 Å². The van der Waals surface area contributed by atoms with E-state index in [-0.39, 0.29) is 0 Å². The lowest BCUT2D eigenvalue weighted by Crippen LogP contribution is -2.02. The van der Waals surface area contributed by atoms with E-state index in [0.29, 0.717) is 22.4 Å². The van der Waals surface area contributed by atoms with E-state index in [0.717, 1.165) is 17.1 Å². The molecule has 0 fully saturated rings. The SMILES string of the molecule is Cc1cc(Nc2ccccc2Cl)nc(Nc2ccc(C#N)cc2)n1. The standard InChI is InChI=1S/C18H14ClN5/c1-12-10-17(23-16-5-3-2-4-15(16)19)24-18(21-12)22-14-8-6-13(11-20)7-9-14/h2-10H,1H3,(H2,21,22,23,24). The van der Waals surface area contributed by atoms with Crippen LogP contribution in [0.4, 0.5) is 23.1 Å². The minimum Gasteiger partial charge on any atom is -0.339 e. The molecule has 0 aliphatic heterocycles. The van der Waals surface area contributed by atoms with E-state index in [9.17, 15) is 0 Å². The number of nitrogens with zero attached hydrogens (tertiary/aromatic N) is 3. The van der Waals surface area contributed by atoms with Crippen molar-refractivity contribution in [1.82, 2.24) is 9.97 Å². The van der Waals surface area contributed by atoms with Crippen LogP contribution in [-0.2, 0) is 0 Å². The van der Waals surface area contributed by atoms with E-state index in [1.165, 1.54) is 0 Å². The molecule has 0 bridgehead atoms. The van der Waals surface area contributed by atoms with Gasteiger partial charge in [0.2, 0.25) is 5.95 Å². The van der Waals surface area contributed by atoms with Crippen molar-refractivity contribution in [3.63, 3.8) is 0 Å². The molecule has 6 heteroatoms. The Kier molecular flexibility index (Phi) is 4.59. The van der Waals surface area contributed by atoms with Crippen LogP contribution in [0.1, 0.15) is 11.3 Å². The molecule has 0 atom stereocenters. The number of aryl methyl sites for hydroxylation is 1. The minimum atomic E-state index is 0.467. The molecule has 0 aliphatic carbocycles. The van der Waals surface area contributed by atoms with Crippen molar-refractivity contribution >= 4 is 34.7 Å². The first-order valence-corrected chi connectivity index (χ1v) is 7.66. The number of rotatable bonds is 4. The summed E-state index contributed by atoms with van der Waals surface area (Å²) in [5, 5.41) is 15.8. The first kappa shape index (κ1) is 15.8. The van der Waals surface area contributed by atoms with E-state index in [1.807, 2.05) is 49.4 Å². The van der Waals surface area contributed by atoms with E-state index < -0.39 is 0 Å². The third kappa shape index (κ3) is 3.80. The van der Waals surface area contributed by atoms with Gasteiger partial charge in [-0.05, 0) is 43.3 Å². The van der Waals surface area contributed by atoms with Crippen LogP contribution < -0.4 is 10.6 Å². The van der Waals surface area contributed by atoms with E-state index in [4.69, 9.17) is 16.9 Å². The van der Waals surface area contributed by atoms with Gasteiger partial charge in [-0.15, -0.1) is 0 Å². The maximum Gasteiger partial charge on any atom is 0.229 e. The number of aromatic nitrogens is 2. The maximum atomic E-state index is 8.84. The normalized spacial score (nSPS) is 10.0. The van der Waals surface area contributed by atoms with Crippen LogP contribution in [-0.4, -0.2) is 9.97 Å². The summed E-state index contributed by atoms with van der Waals surface area (Å²) < 4.78 is 0. The second kappa shape index (κ2) is 6.99. The molecular weight excluding hydrogens is 322 g/mol. The molecule has 3 rings (SSSR count). The zero-order valence-electron chi connectivity index (χ0n) is 12.9. The number of hydrogen-bond acceptors (Lipinski definition) is 5. The number of anilines is 4. The van der Waals surface area contributed by atoms with Crippen LogP contribution in [0.2, 0.25) is 5.02 Å². The highest BCUT2D eigenvalue weighted by Crippen LogP contribution is 2.25. The number of nitrogens with one attached hydrogen (secondary N) is 2. The second-order valence-electron chi connectivity index (χ2n) is 5.14. The average molecular weight is 336 g/mol. The quantitative estimate of drug-likeness (QED) is 0.716. The molecule has 118 valence electrons. The lowest BCUT2D eigenvalue weighted by Gasteiger charge is -2.11. The van der Waals surface area contributed by atoms with Crippen LogP contribution in [0.3, 0.4) is 0 Å². The number of para-hydroxylation sites is 1. The van der Waals surface area contributed by atoms with E-state index in [2.05, 4.69) is 26.7 Å². The van der Waals surface area contributed by atoms with Gasteiger partial charge in [0.15, 0.2) is 0 Å². The Labute approximate surface area is 145 Å². The van der Waals surface area contributed by atoms with Crippen LogP contribution in [0.5, 0.6) is 0 Å². The van der Waals surface area contributed by atoms with Crippen LogP contribution in [0, 0.1) is 18.3 Å². The summed E-state index contributed by atoms with van der Waals surface area (Å²) in [6, 6.07) is 18.5. The Morgan fingerprint density at radius 2 is 1.75 bits per heavy atom. The summed E-state index contributed by atoms with van der Waals surface area (Å²) in [5.41, 5.74) is 3.01. The van der Waals surface area contributed by atoms with Crippen molar-refractivity contribution in [2.45, 2.75) is 6.92 Å². The van der Waals surface area contributed by atoms with Gasteiger partial charge in [0.1, 0.15) is 5.82 Å². The molecule has 1 heterocycles. The van der Waals surface area contributed by atoms with Crippen molar-refractivity contribution in [3.8, 4) is 6.07 Å². The van der Waals surface area contributed by atoms with Gasteiger partial charge in [-0.1, -0.05) is 23.7 Å². The highest BCUT2D eigenvalue weighted by atomic mass is 35.5. The largest absolute Gasteiger partial charge is 0.339 e. The molecule has 2 aromatic carbocycles. The highest BCUT2D eigenvalue weighted by Gasteiger charge is 2.05. The lowest BCUT2D eigenvalue weighted by molar-refractivity contribution is 1.11. The van der Waals surface area contributed by atoms with E-state index >= 15 is 0 Å². The Bertz CT molecular complexity index is 900. The molecule has 2 N–H and O–H groups in total. The zero-order valence-corrected chi connectivity index (χ0v) is 13.7. The molecule has 0 saturated heterocycles. The van der Waals surface area contributed by atoms with Crippen molar-refractivity contribution in [3.05, 3.63) is 70.9 Å². The molecule has 0 amide bonds. The molecule has 5 nitrogen and oxygen atoms in total. The van der Waals surface area contributed by atoms with Gasteiger partial charge < -0.3 is 10.6 Å². The average Bonchev–Trinajstić information content (AvgIpc) is 2.57. The Hall–Kier alpha value is -3.10. The summed E-state index contributed by atoms with van der Waals surface area (Å²) in [6.07, 6.45) is 0. The molecule has 0 saturated carbocycles. The van der Waals surface area contributed by atoms with Gasteiger partial charge in [-0.3, -0.25) is 0 Å². The van der Waals surface area contributed by atoms with Crippen molar-refractivity contribution in [2.75, 3.05) is 10.6 Å².